The molecule has 0 bridgehead atoms. The van der Waals surface area contributed by atoms with Gasteiger partial charge in [-0.2, -0.15) is 0 Å². The van der Waals surface area contributed by atoms with Crippen molar-refractivity contribution in [3.05, 3.63) is 0 Å². The van der Waals surface area contributed by atoms with Crippen molar-refractivity contribution >= 4 is 12.1 Å². The van der Waals surface area contributed by atoms with Gasteiger partial charge in [0.25, 0.3) is 0 Å². The summed E-state index contributed by atoms with van der Waals surface area (Å²) in [6.07, 6.45) is 1.58. The molecular formula is C7H14N2. The van der Waals surface area contributed by atoms with Gasteiger partial charge in [-0.25, -0.2) is 4.99 Å². The second kappa shape index (κ2) is 4.24. The predicted molar refractivity (Wildman–Crippen MR) is 42.4 cm³/mol. The van der Waals surface area contributed by atoms with Crippen LogP contribution in [0, 0.1) is 5.92 Å². The molecule has 0 fully saturated rings. The molecule has 52 valence electrons. The molecule has 0 aliphatic rings. The van der Waals surface area contributed by atoms with Crippen LogP contribution >= 0.6 is 0 Å². The Labute approximate surface area is 56.7 Å². The molecule has 0 aromatic heterocycles. The van der Waals surface area contributed by atoms with Gasteiger partial charge in [-0.3, -0.25) is 4.99 Å². The van der Waals surface area contributed by atoms with Crippen molar-refractivity contribution in [2.45, 2.75) is 20.8 Å². The lowest BCUT2D eigenvalue weighted by Gasteiger charge is -1.99. The van der Waals surface area contributed by atoms with Crippen LogP contribution in [0.3, 0.4) is 0 Å². The van der Waals surface area contributed by atoms with Crippen molar-refractivity contribution in [3.63, 3.8) is 0 Å². The number of rotatable bonds is 2. The first kappa shape index (κ1) is 8.34. The first-order chi connectivity index (χ1) is 4.18. The van der Waals surface area contributed by atoms with E-state index in [1.54, 1.807) is 13.4 Å². The zero-order valence-electron chi connectivity index (χ0n) is 6.55. The van der Waals surface area contributed by atoms with Gasteiger partial charge in [-0.15, -0.1) is 0 Å². The molecule has 0 amide bonds. The number of hydrogen-bond donors (Lipinski definition) is 0. The van der Waals surface area contributed by atoms with Gasteiger partial charge >= 0.3 is 0 Å². The van der Waals surface area contributed by atoms with E-state index >= 15 is 0 Å². The molecule has 0 unspecified atom stereocenters. The Morgan fingerprint density at radius 2 is 2.00 bits per heavy atom. The highest BCUT2D eigenvalue weighted by Crippen LogP contribution is 1.93. The normalized spacial score (nSPS) is 13.7. The molecule has 9 heavy (non-hydrogen) atoms. The Morgan fingerprint density at radius 1 is 1.44 bits per heavy atom. The van der Waals surface area contributed by atoms with Crippen molar-refractivity contribution in [1.29, 1.82) is 0 Å². The summed E-state index contributed by atoms with van der Waals surface area (Å²) in [6, 6.07) is 0. The van der Waals surface area contributed by atoms with E-state index in [1.807, 2.05) is 6.92 Å². The molecule has 0 aliphatic carbocycles. The lowest BCUT2D eigenvalue weighted by Crippen LogP contribution is -2.01. The van der Waals surface area contributed by atoms with Crippen LogP contribution in [0.4, 0.5) is 0 Å². The van der Waals surface area contributed by atoms with E-state index in [4.69, 9.17) is 0 Å². The Balaban J connectivity index is 3.84. The fourth-order valence-corrected chi connectivity index (χ4v) is 0.298. The Hall–Kier alpha value is -0.660. The highest BCUT2D eigenvalue weighted by molar-refractivity contribution is 5.89. The van der Waals surface area contributed by atoms with Gasteiger partial charge in [0, 0.05) is 12.8 Å². The van der Waals surface area contributed by atoms with Gasteiger partial charge in [0.15, 0.2) is 0 Å². The minimum Gasteiger partial charge on any atom is -0.277 e. The zero-order valence-corrected chi connectivity index (χ0v) is 6.55. The van der Waals surface area contributed by atoms with E-state index in [-0.39, 0.29) is 0 Å². The summed E-state index contributed by atoms with van der Waals surface area (Å²) < 4.78 is 0. The lowest BCUT2D eigenvalue weighted by atomic mass is 10.1. The second-order valence-electron chi connectivity index (χ2n) is 2.30. The van der Waals surface area contributed by atoms with Crippen molar-refractivity contribution < 1.29 is 0 Å². The van der Waals surface area contributed by atoms with E-state index in [1.165, 1.54) is 0 Å². The predicted octanol–water partition coefficient (Wildman–Crippen LogP) is 1.76. The van der Waals surface area contributed by atoms with Gasteiger partial charge in [-0.1, -0.05) is 13.8 Å². The van der Waals surface area contributed by atoms with Crippen LogP contribution in [0.25, 0.3) is 0 Å². The number of hydrogen-bond acceptors (Lipinski definition) is 1. The Kier molecular flexibility index (Phi) is 3.93. The first-order valence-corrected chi connectivity index (χ1v) is 3.13. The van der Waals surface area contributed by atoms with Crippen molar-refractivity contribution in [2.24, 2.45) is 15.9 Å². The van der Waals surface area contributed by atoms with Crippen LogP contribution < -0.4 is 0 Å². The number of aliphatic imine (C=N–C) groups is 2. The molecule has 2 heteroatoms. The van der Waals surface area contributed by atoms with Gasteiger partial charge in [0.05, 0.1) is 0 Å². The van der Waals surface area contributed by atoms with E-state index in [2.05, 4.69) is 23.8 Å². The van der Waals surface area contributed by atoms with Crippen molar-refractivity contribution in [2.75, 3.05) is 7.05 Å². The summed E-state index contributed by atoms with van der Waals surface area (Å²) in [4.78, 5) is 7.81. The van der Waals surface area contributed by atoms with Gasteiger partial charge in [0.2, 0.25) is 0 Å². The highest BCUT2D eigenvalue weighted by atomic mass is 14.8. The summed E-state index contributed by atoms with van der Waals surface area (Å²) in [5.74, 6) is 0.531. The lowest BCUT2D eigenvalue weighted by molar-refractivity contribution is 0.881. The monoisotopic (exact) mass is 126 g/mol. The Bertz CT molecular complexity index is 123. The van der Waals surface area contributed by atoms with Gasteiger partial charge in [0.1, 0.15) is 6.34 Å². The van der Waals surface area contributed by atoms with Gasteiger partial charge < -0.3 is 0 Å². The molecule has 0 saturated carbocycles. The SMILES string of the molecule is C/N=C\N=C(/C)C(C)C. The van der Waals surface area contributed by atoms with E-state index in [0.717, 1.165) is 5.71 Å². The molecule has 0 aromatic carbocycles. The smallest absolute Gasteiger partial charge is 0.109 e. The molecule has 0 heterocycles. The van der Waals surface area contributed by atoms with Crippen molar-refractivity contribution in [3.8, 4) is 0 Å². The summed E-state index contributed by atoms with van der Waals surface area (Å²) in [5.41, 5.74) is 1.13. The molecule has 0 N–H and O–H groups in total. The molecule has 0 aliphatic heterocycles. The van der Waals surface area contributed by atoms with Crippen LogP contribution in [0.15, 0.2) is 9.98 Å². The maximum absolute atomic E-state index is 4.07. The van der Waals surface area contributed by atoms with E-state index in [9.17, 15) is 0 Å². The highest BCUT2D eigenvalue weighted by Gasteiger charge is 1.93. The van der Waals surface area contributed by atoms with Crippen molar-refractivity contribution in [1.82, 2.24) is 0 Å². The molecule has 0 spiro atoms. The van der Waals surface area contributed by atoms with E-state index < -0.39 is 0 Å². The summed E-state index contributed by atoms with van der Waals surface area (Å²) in [7, 11) is 1.72. The third kappa shape index (κ3) is 3.88. The molecule has 0 rings (SSSR count). The molecule has 0 atom stereocenters. The summed E-state index contributed by atoms with van der Waals surface area (Å²) in [5, 5.41) is 0. The zero-order chi connectivity index (χ0) is 7.28. The molecule has 0 saturated heterocycles. The minimum atomic E-state index is 0.531. The topological polar surface area (TPSA) is 24.7 Å². The molecule has 0 aromatic rings. The van der Waals surface area contributed by atoms with Crippen LogP contribution in [-0.4, -0.2) is 19.1 Å². The van der Waals surface area contributed by atoms with Crippen LogP contribution in [0.2, 0.25) is 0 Å². The number of nitrogens with zero attached hydrogens (tertiary/aromatic N) is 2. The maximum Gasteiger partial charge on any atom is 0.109 e. The average Bonchev–Trinajstić information content (AvgIpc) is 1.82. The second-order valence-corrected chi connectivity index (χ2v) is 2.30. The quantitative estimate of drug-likeness (QED) is 0.398. The minimum absolute atomic E-state index is 0.531. The summed E-state index contributed by atoms with van der Waals surface area (Å²) >= 11 is 0. The standard InChI is InChI=1S/C7H14N2/c1-6(2)7(3)9-5-8-4/h5-6H,1-4H3/b8-5-,9-7+. The van der Waals surface area contributed by atoms with Crippen LogP contribution in [-0.2, 0) is 0 Å². The van der Waals surface area contributed by atoms with Crippen LogP contribution in [0.5, 0.6) is 0 Å². The average molecular weight is 126 g/mol. The fraction of sp³-hybridized carbons (Fsp3) is 0.714. The molecular weight excluding hydrogens is 112 g/mol. The third-order valence-corrected chi connectivity index (χ3v) is 1.21. The Morgan fingerprint density at radius 3 is 2.33 bits per heavy atom. The van der Waals surface area contributed by atoms with Gasteiger partial charge in [-0.05, 0) is 12.8 Å². The van der Waals surface area contributed by atoms with E-state index in [0.29, 0.717) is 5.92 Å². The molecule has 0 radical (unpaired) electrons. The largest absolute Gasteiger partial charge is 0.277 e. The summed E-state index contributed by atoms with van der Waals surface area (Å²) in [6.45, 7) is 6.23. The molecule has 2 nitrogen and oxygen atoms in total. The maximum atomic E-state index is 4.07. The third-order valence-electron chi connectivity index (χ3n) is 1.21. The fourth-order valence-electron chi connectivity index (χ4n) is 0.298. The first-order valence-electron chi connectivity index (χ1n) is 3.13. The van der Waals surface area contributed by atoms with Crippen LogP contribution in [0.1, 0.15) is 20.8 Å².